The van der Waals surface area contributed by atoms with Gasteiger partial charge in [0.25, 0.3) is 0 Å². The van der Waals surface area contributed by atoms with Crippen LogP contribution in [0.1, 0.15) is 32.3 Å². The first-order valence-electron chi connectivity index (χ1n) is 5.97. The summed E-state index contributed by atoms with van der Waals surface area (Å²) in [6, 6.07) is 4.01. The third-order valence-electron chi connectivity index (χ3n) is 3.41. The highest BCUT2D eigenvalue weighted by molar-refractivity contribution is 5.09. The summed E-state index contributed by atoms with van der Waals surface area (Å²) in [5.74, 6) is 0. The van der Waals surface area contributed by atoms with Crippen LogP contribution in [0.4, 0.5) is 0 Å². The molecule has 0 aliphatic rings. The number of aromatic nitrogens is 1. The van der Waals surface area contributed by atoms with Gasteiger partial charge in [-0.2, -0.15) is 0 Å². The van der Waals surface area contributed by atoms with E-state index < -0.39 is 0 Å². The van der Waals surface area contributed by atoms with Crippen molar-refractivity contribution in [3.8, 4) is 0 Å². The molecule has 0 atom stereocenters. The monoisotopic (exact) mass is 222 g/mol. The molecule has 0 fully saturated rings. The van der Waals surface area contributed by atoms with E-state index in [1.807, 2.05) is 12.1 Å². The Labute approximate surface area is 97.9 Å². The predicted octanol–water partition coefficient (Wildman–Crippen LogP) is 1.97. The van der Waals surface area contributed by atoms with Gasteiger partial charge in [0, 0.05) is 37.5 Å². The molecule has 1 heterocycles. The van der Waals surface area contributed by atoms with Gasteiger partial charge in [-0.3, -0.25) is 4.98 Å². The standard InChI is InChI=1S/C13H22N2O/c1-3-13(4-2,11-16)10-15-9-12-5-7-14-8-6-12/h5-8,15-16H,3-4,9-11H2,1-2H3. The largest absolute Gasteiger partial charge is 0.396 e. The lowest BCUT2D eigenvalue weighted by atomic mass is 9.83. The van der Waals surface area contributed by atoms with Gasteiger partial charge in [0.2, 0.25) is 0 Å². The van der Waals surface area contributed by atoms with E-state index in [0.717, 1.165) is 25.9 Å². The normalized spacial score (nSPS) is 11.7. The Hall–Kier alpha value is -0.930. The highest BCUT2D eigenvalue weighted by Gasteiger charge is 2.24. The van der Waals surface area contributed by atoms with Crippen molar-refractivity contribution in [1.82, 2.24) is 10.3 Å². The summed E-state index contributed by atoms with van der Waals surface area (Å²) in [4.78, 5) is 3.98. The molecule has 1 aromatic rings. The quantitative estimate of drug-likeness (QED) is 0.741. The van der Waals surface area contributed by atoms with E-state index in [4.69, 9.17) is 0 Å². The number of rotatable bonds is 7. The maximum Gasteiger partial charge on any atom is 0.0499 e. The first kappa shape index (κ1) is 13.1. The Morgan fingerprint density at radius 1 is 1.25 bits per heavy atom. The van der Waals surface area contributed by atoms with Crippen molar-refractivity contribution in [2.75, 3.05) is 13.2 Å². The van der Waals surface area contributed by atoms with Crippen LogP contribution in [-0.4, -0.2) is 23.2 Å². The van der Waals surface area contributed by atoms with Crippen molar-refractivity contribution in [2.45, 2.75) is 33.2 Å². The molecule has 0 unspecified atom stereocenters. The zero-order chi connectivity index (χ0) is 11.9. The van der Waals surface area contributed by atoms with Gasteiger partial charge in [0.05, 0.1) is 0 Å². The molecule has 0 aliphatic carbocycles. The van der Waals surface area contributed by atoms with Gasteiger partial charge in [-0.15, -0.1) is 0 Å². The third kappa shape index (κ3) is 3.58. The molecule has 3 heteroatoms. The second kappa shape index (κ2) is 6.61. The van der Waals surface area contributed by atoms with E-state index in [-0.39, 0.29) is 12.0 Å². The minimum absolute atomic E-state index is 0.0348. The minimum Gasteiger partial charge on any atom is -0.396 e. The van der Waals surface area contributed by atoms with Gasteiger partial charge in [0.1, 0.15) is 0 Å². The topological polar surface area (TPSA) is 45.1 Å². The maximum atomic E-state index is 9.42. The number of aliphatic hydroxyl groups excluding tert-OH is 1. The second-order valence-electron chi connectivity index (χ2n) is 4.32. The summed E-state index contributed by atoms with van der Waals surface area (Å²) in [5.41, 5.74) is 1.27. The maximum absolute atomic E-state index is 9.42. The smallest absolute Gasteiger partial charge is 0.0499 e. The molecule has 0 aliphatic heterocycles. The van der Waals surface area contributed by atoms with Crippen LogP contribution in [0.5, 0.6) is 0 Å². The Morgan fingerprint density at radius 3 is 2.38 bits per heavy atom. The lowest BCUT2D eigenvalue weighted by Gasteiger charge is -2.29. The summed E-state index contributed by atoms with van der Waals surface area (Å²) >= 11 is 0. The van der Waals surface area contributed by atoms with Crippen LogP contribution in [0.15, 0.2) is 24.5 Å². The highest BCUT2D eigenvalue weighted by Crippen LogP contribution is 2.24. The van der Waals surface area contributed by atoms with Crippen molar-refractivity contribution in [3.05, 3.63) is 30.1 Å². The molecule has 0 radical (unpaired) electrons. The molecule has 16 heavy (non-hydrogen) atoms. The number of pyridine rings is 1. The van der Waals surface area contributed by atoms with Crippen LogP contribution < -0.4 is 5.32 Å². The van der Waals surface area contributed by atoms with Crippen LogP contribution >= 0.6 is 0 Å². The lowest BCUT2D eigenvalue weighted by Crippen LogP contribution is -2.36. The number of nitrogens with zero attached hydrogens (tertiary/aromatic N) is 1. The zero-order valence-corrected chi connectivity index (χ0v) is 10.2. The van der Waals surface area contributed by atoms with E-state index in [9.17, 15) is 5.11 Å². The fourth-order valence-corrected chi connectivity index (χ4v) is 1.75. The lowest BCUT2D eigenvalue weighted by molar-refractivity contribution is 0.113. The average molecular weight is 222 g/mol. The van der Waals surface area contributed by atoms with Crippen LogP contribution in [-0.2, 0) is 6.54 Å². The van der Waals surface area contributed by atoms with Crippen LogP contribution in [0, 0.1) is 5.41 Å². The Balaban J connectivity index is 2.39. The minimum atomic E-state index is 0.0348. The van der Waals surface area contributed by atoms with Crippen molar-refractivity contribution in [2.24, 2.45) is 5.41 Å². The molecular weight excluding hydrogens is 200 g/mol. The third-order valence-corrected chi connectivity index (χ3v) is 3.41. The van der Waals surface area contributed by atoms with E-state index in [0.29, 0.717) is 0 Å². The van der Waals surface area contributed by atoms with E-state index in [1.165, 1.54) is 5.56 Å². The van der Waals surface area contributed by atoms with Crippen molar-refractivity contribution >= 4 is 0 Å². The van der Waals surface area contributed by atoms with E-state index in [1.54, 1.807) is 12.4 Å². The van der Waals surface area contributed by atoms with Crippen LogP contribution in [0.2, 0.25) is 0 Å². The number of hydrogen-bond acceptors (Lipinski definition) is 3. The molecule has 1 aromatic heterocycles. The van der Waals surface area contributed by atoms with Gasteiger partial charge in [-0.1, -0.05) is 13.8 Å². The average Bonchev–Trinajstić information content (AvgIpc) is 2.37. The molecule has 3 nitrogen and oxygen atoms in total. The van der Waals surface area contributed by atoms with Gasteiger partial charge in [-0.05, 0) is 30.5 Å². The number of aliphatic hydroxyl groups is 1. The van der Waals surface area contributed by atoms with Gasteiger partial charge < -0.3 is 10.4 Å². The summed E-state index contributed by atoms with van der Waals surface area (Å²) < 4.78 is 0. The molecule has 1 rings (SSSR count). The SMILES string of the molecule is CCC(CC)(CO)CNCc1ccncc1. The Kier molecular flexibility index (Phi) is 5.43. The van der Waals surface area contributed by atoms with Crippen LogP contribution in [0.3, 0.4) is 0 Å². The fourth-order valence-electron chi connectivity index (χ4n) is 1.75. The molecule has 2 N–H and O–H groups in total. The molecule has 0 aromatic carbocycles. The second-order valence-corrected chi connectivity index (χ2v) is 4.32. The van der Waals surface area contributed by atoms with Crippen LogP contribution in [0.25, 0.3) is 0 Å². The van der Waals surface area contributed by atoms with E-state index >= 15 is 0 Å². The molecule has 0 saturated carbocycles. The summed E-state index contributed by atoms with van der Waals surface area (Å²) in [6.45, 7) is 6.22. The molecule has 0 bridgehead atoms. The first-order chi connectivity index (χ1) is 7.76. The summed E-state index contributed by atoms with van der Waals surface area (Å²) in [6.07, 6.45) is 5.61. The van der Waals surface area contributed by atoms with Crippen molar-refractivity contribution in [1.29, 1.82) is 0 Å². The Morgan fingerprint density at radius 2 is 1.88 bits per heavy atom. The van der Waals surface area contributed by atoms with Gasteiger partial charge >= 0.3 is 0 Å². The van der Waals surface area contributed by atoms with Crippen molar-refractivity contribution < 1.29 is 5.11 Å². The Bertz CT molecular complexity index is 275. The number of hydrogen-bond donors (Lipinski definition) is 2. The summed E-state index contributed by atoms with van der Waals surface area (Å²) in [7, 11) is 0. The molecular formula is C13H22N2O. The molecule has 0 spiro atoms. The highest BCUT2D eigenvalue weighted by atomic mass is 16.3. The molecule has 0 amide bonds. The first-order valence-corrected chi connectivity index (χ1v) is 5.97. The molecule has 90 valence electrons. The van der Waals surface area contributed by atoms with Crippen molar-refractivity contribution in [3.63, 3.8) is 0 Å². The summed E-state index contributed by atoms with van der Waals surface area (Å²) in [5, 5.41) is 12.8. The van der Waals surface area contributed by atoms with E-state index in [2.05, 4.69) is 24.1 Å². The van der Waals surface area contributed by atoms with Gasteiger partial charge in [-0.25, -0.2) is 0 Å². The fraction of sp³-hybridized carbons (Fsp3) is 0.615. The number of nitrogens with one attached hydrogen (secondary N) is 1. The predicted molar refractivity (Wildman–Crippen MR) is 66.0 cm³/mol. The molecule has 0 saturated heterocycles. The van der Waals surface area contributed by atoms with Gasteiger partial charge in [0.15, 0.2) is 0 Å². The zero-order valence-electron chi connectivity index (χ0n) is 10.2.